The van der Waals surface area contributed by atoms with Crippen molar-refractivity contribution in [3.63, 3.8) is 0 Å². The van der Waals surface area contributed by atoms with Crippen molar-refractivity contribution in [1.29, 1.82) is 0 Å². The van der Waals surface area contributed by atoms with Crippen LogP contribution in [0.4, 0.5) is 20.3 Å². The minimum Gasteiger partial charge on any atom is -0.461 e. The zero-order valence-corrected chi connectivity index (χ0v) is 26.2. The van der Waals surface area contributed by atoms with E-state index in [4.69, 9.17) is 36.6 Å². The van der Waals surface area contributed by atoms with E-state index in [1.54, 1.807) is 24.4 Å². The van der Waals surface area contributed by atoms with Gasteiger partial charge in [0.1, 0.15) is 24.4 Å². The van der Waals surface area contributed by atoms with Gasteiger partial charge in [0, 0.05) is 47.4 Å². The lowest BCUT2D eigenvalue weighted by Gasteiger charge is -2.37. The Kier molecular flexibility index (Phi) is 5.73. The maximum atomic E-state index is 15.2. The molecule has 2 aromatic carbocycles. The number of ether oxygens (including phenoxy) is 2. The fourth-order valence-electron chi connectivity index (χ4n) is 8.63. The summed E-state index contributed by atoms with van der Waals surface area (Å²) in [4.78, 5) is 18.6. The second-order valence-corrected chi connectivity index (χ2v) is 13.9. The fourth-order valence-corrected chi connectivity index (χ4v) is 8.63. The molecule has 5 heterocycles. The molecule has 3 aliphatic heterocycles. The zero-order valence-electron chi connectivity index (χ0n) is 28.2. The van der Waals surface area contributed by atoms with Crippen molar-refractivity contribution >= 4 is 33.2 Å². The largest absolute Gasteiger partial charge is 0.461 e. The monoisotopic (exact) mass is 636 g/mol. The molecule has 0 unspecified atom stereocenters. The Morgan fingerprint density at radius 2 is 2.11 bits per heavy atom. The van der Waals surface area contributed by atoms with Gasteiger partial charge in [0.25, 0.3) is 0 Å². The average Bonchev–Trinajstić information content (AvgIpc) is 3.93. The van der Waals surface area contributed by atoms with Crippen LogP contribution < -0.4 is 15.4 Å². The molecule has 4 aromatic rings. The number of fused-ring (bicyclic) bond motifs is 5. The number of anilines is 2. The predicted molar refractivity (Wildman–Crippen MR) is 177 cm³/mol. The van der Waals surface area contributed by atoms with Crippen molar-refractivity contribution in [2.75, 3.05) is 50.0 Å². The lowest BCUT2D eigenvalue weighted by molar-refractivity contribution is 0.0649. The van der Waals surface area contributed by atoms with E-state index in [9.17, 15) is 2.74 Å². The standard InChI is InChI=1S/C37H36F2N6O2/c1-4-24-28(38)6-5-22-13-23(40)14-25(29(22)24)31-21(3)32-26(16-41-31)34(45-11-12-46-18-27-30(39)33(27)45)43-35(42-32)47-19-37-15-20(2)17-44(37)10-9-36(37)7-8-36/h1,5-6,13-14,16,27,30,33H,2,7-12,15,17-19,40H2,3H3/t27-,30-,33-,37-/m0/s1/i19D2. The Balaban J connectivity index is 1.24. The Bertz CT molecular complexity index is 2150. The molecule has 5 fully saturated rings. The summed E-state index contributed by atoms with van der Waals surface area (Å²) >= 11 is 0. The first-order valence-corrected chi connectivity index (χ1v) is 16.2. The predicted octanol–water partition coefficient (Wildman–Crippen LogP) is 5.59. The Hall–Kier alpha value is -4.33. The number of nitrogens with zero attached hydrogens (tertiary/aromatic N) is 5. The van der Waals surface area contributed by atoms with Crippen molar-refractivity contribution in [2.24, 2.45) is 11.3 Å². The number of hydrogen-bond donors (Lipinski definition) is 1. The number of benzene rings is 2. The number of terminal acetylenes is 1. The van der Waals surface area contributed by atoms with Gasteiger partial charge >= 0.3 is 6.01 Å². The quantitative estimate of drug-likeness (QED) is 0.172. The summed E-state index contributed by atoms with van der Waals surface area (Å²) in [6, 6.07) is 5.82. The molecule has 0 bridgehead atoms. The van der Waals surface area contributed by atoms with Crippen LogP contribution in [0.2, 0.25) is 0 Å². The van der Waals surface area contributed by atoms with Crippen LogP contribution in [-0.4, -0.2) is 77.0 Å². The first-order chi connectivity index (χ1) is 23.5. The summed E-state index contributed by atoms with van der Waals surface area (Å²) < 4.78 is 61.3. The number of rotatable bonds is 5. The molecule has 0 radical (unpaired) electrons. The average molecular weight is 637 g/mol. The molecule has 10 heteroatoms. The van der Waals surface area contributed by atoms with Gasteiger partial charge in [-0.1, -0.05) is 24.1 Å². The molecule has 9 rings (SSSR count). The van der Waals surface area contributed by atoms with Gasteiger partial charge in [-0.05, 0) is 68.2 Å². The van der Waals surface area contributed by atoms with Gasteiger partial charge < -0.3 is 20.1 Å². The maximum absolute atomic E-state index is 15.2. The van der Waals surface area contributed by atoms with E-state index >= 15 is 8.78 Å². The molecule has 2 aromatic heterocycles. The van der Waals surface area contributed by atoms with Gasteiger partial charge in [-0.2, -0.15) is 9.97 Å². The highest BCUT2D eigenvalue weighted by atomic mass is 19.1. The van der Waals surface area contributed by atoms with Crippen molar-refractivity contribution in [1.82, 2.24) is 19.9 Å². The van der Waals surface area contributed by atoms with Crippen LogP contribution in [0, 0.1) is 36.4 Å². The van der Waals surface area contributed by atoms with Crippen LogP contribution in [0.5, 0.6) is 6.01 Å². The highest BCUT2D eigenvalue weighted by molar-refractivity contribution is 6.04. The third-order valence-corrected chi connectivity index (χ3v) is 11.2. The normalized spacial score (nSPS) is 28.5. The van der Waals surface area contributed by atoms with Crippen molar-refractivity contribution in [2.45, 2.75) is 50.4 Å². The molecule has 2 saturated carbocycles. The number of nitrogens with two attached hydrogens (primary N) is 1. The van der Waals surface area contributed by atoms with Gasteiger partial charge in [0.15, 0.2) is 0 Å². The smallest absolute Gasteiger partial charge is 0.319 e. The number of halogens is 2. The lowest BCUT2D eigenvalue weighted by Crippen LogP contribution is -2.49. The minimum absolute atomic E-state index is 0.0975. The molecular formula is C37H36F2N6O2. The van der Waals surface area contributed by atoms with E-state index in [1.807, 2.05) is 11.8 Å². The van der Waals surface area contributed by atoms with Crippen LogP contribution in [0.15, 0.2) is 42.6 Å². The van der Waals surface area contributed by atoms with E-state index in [0.717, 1.165) is 31.4 Å². The van der Waals surface area contributed by atoms with Gasteiger partial charge in [-0.15, -0.1) is 6.42 Å². The van der Waals surface area contributed by atoms with E-state index in [-0.39, 0.29) is 22.9 Å². The van der Waals surface area contributed by atoms with Crippen LogP contribution in [0.1, 0.15) is 39.6 Å². The molecule has 1 spiro atoms. The van der Waals surface area contributed by atoms with Crippen LogP contribution in [0.25, 0.3) is 32.9 Å². The third-order valence-electron chi connectivity index (χ3n) is 11.2. The van der Waals surface area contributed by atoms with Crippen LogP contribution >= 0.6 is 0 Å². The number of hydrogen-bond acceptors (Lipinski definition) is 8. The summed E-state index contributed by atoms with van der Waals surface area (Å²) in [5.74, 6) is 2.07. The molecule has 0 amide bonds. The summed E-state index contributed by atoms with van der Waals surface area (Å²) in [5, 5.41) is 1.72. The topological polar surface area (TPSA) is 89.6 Å². The summed E-state index contributed by atoms with van der Waals surface area (Å²) in [5.41, 5.74) is 8.86. The number of alkyl halides is 1. The highest BCUT2D eigenvalue weighted by Crippen LogP contribution is 2.66. The molecule has 4 atom stereocenters. The van der Waals surface area contributed by atoms with Crippen molar-refractivity contribution < 1.29 is 21.0 Å². The first-order valence-electron chi connectivity index (χ1n) is 17.2. The van der Waals surface area contributed by atoms with Crippen LogP contribution in [0.3, 0.4) is 0 Å². The number of nitrogen functional groups attached to an aromatic ring is 1. The van der Waals surface area contributed by atoms with E-state index in [0.29, 0.717) is 82.7 Å². The molecule has 2 aliphatic carbocycles. The summed E-state index contributed by atoms with van der Waals surface area (Å²) in [6.07, 6.45) is 9.61. The molecule has 47 heavy (non-hydrogen) atoms. The molecule has 3 saturated heterocycles. The number of pyridine rings is 1. The van der Waals surface area contributed by atoms with E-state index < -0.39 is 30.1 Å². The molecule has 240 valence electrons. The van der Waals surface area contributed by atoms with E-state index in [1.165, 1.54) is 6.07 Å². The first kappa shape index (κ1) is 26.7. The Labute approximate surface area is 274 Å². The van der Waals surface area contributed by atoms with Gasteiger partial charge in [0.05, 0.1) is 49.7 Å². The molecule has 2 N–H and O–H groups in total. The van der Waals surface area contributed by atoms with Crippen molar-refractivity contribution in [3.05, 3.63) is 59.6 Å². The number of aromatic nitrogens is 3. The van der Waals surface area contributed by atoms with Gasteiger partial charge in [-0.25, -0.2) is 8.78 Å². The second-order valence-electron chi connectivity index (χ2n) is 13.9. The fraction of sp³-hybridized carbons (Fsp3) is 0.432. The molecular weight excluding hydrogens is 598 g/mol. The van der Waals surface area contributed by atoms with Crippen LogP contribution in [-0.2, 0) is 4.74 Å². The Morgan fingerprint density at radius 3 is 2.91 bits per heavy atom. The minimum atomic E-state index is -2.16. The summed E-state index contributed by atoms with van der Waals surface area (Å²) in [7, 11) is 0. The molecule has 8 nitrogen and oxygen atoms in total. The molecule has 5 aliphatic rings. The van der Waals surface area contributed by atoms with Gasteiger partial charge in [0.2, 0.25) is 0 Å². The van der Waals surface area contributed by atoms with Crippen molar-refractivity contribution in [3.8, 4) is 29.6 Å². The maximum Gasteiger partial charge on any atom is 0.319 e. The second kappa shape index (κ2) is 10.1. The number of aryl methyl sites for hydroxylation is 1. The summed E-state index contributed by atoms with van der Waals surface area (Å²) in [6.45, 7) is 6.40. The third kappa shape index (κ3) is 4.15. The Morgan fingerprint density at radius 1 is 1.26 bits per heavy atom. The SMILES string of the molecule is [2H]C([2H])(Oc1nc(N2CCOC[C@H]3[C@H](F)[C@H]32)c2cnc(-c3cc(N)cc4ccc(F)c(C#C)c34)c(C)c2n1)[C@]12CC(=C)CN1CCC21CC1. The zero-order chi connectivity index (χ0) is 34.0. The van der Waals surface area contributed by atoms with Gasteiger partial charge in [-0.3, -0.25) is 9.88 Å². The van der Waals surface area contributed by atoms with E-state index in [2.05, 4.69) is 17.4 Å². The lowest BCUT2D eigenvalue weighted by atomic mass is 9.80. The highest BCUT2D eigenvalue weighted by Gasteiger charge is 2.67.